The van der Waals surface area contributed by atoms with Crippen LogP contribution in [0.15, 0.2) is 78.9 Å². The van der Waals surface area contributed by atoms with Crippen LogP contribution in [0.1, 0.15) is 52.3 Å². The summed E-state index contributed by atoms with van der Waals surface area (Å²) < 4.78 is 5.59. The van der Waals surface area contributed by atoms with Crippen molar-refractivity contribution in [3.05, 3.63) is 112 Å². The topological polar surface area (TPSA) is 91.4 Å². The lowest BCUT2D eigenvalue weighted by Gasteiger charge is -2.39. The maximum atomic E-state index is 10.8. The average Bonchev–Trinajstić information content (AvgIpc) is 3.32. The zero-order chi connectivity index (χ0) is 25.7. The van der Waals surface area contributed by atoms with Crippen molar-refractivity contribution >= 4 is 11.5 Å². The van der Waals surface area contributed by atoms with Gasteiger partial charge in [-0.05, 0) is 88.0 Å². The van der Waals surface area contributed by atoms with Crippen LogP contribution >= 0.6 is 0 Å². The smallest absolute Gasteiger partial charge is 0.160 e. The fraction of sp³-hybridized carbons (Fsp3) is 0.219. The molecule has 3 atom stereocenters. The van der Waals surface area contributed by atoms with Crippen molar-refractivity contribution in [2.75, 3.05) is 12.4 Å². The summed E-state index contributed by atoms with van der Waals surface area (Å²) in [5.41, 5.74) is 16.0. The molecule has 6 rings (SSSR count). The van der Waals surface area contributed by atoms with Gasteiger partial charge in [0.05, 0.1) is 13.2 Å². The van der Waals surface area contributed by atoms with Gasteiger partial charge in [-0.25, -0.2) is 0 Å². The summed E-state index contributed by atoms with van der Waals surface area (Å²) in [4.78, 5) is 0. The van der Waals surface area contributed by atoms with Gasteiger partial charge in [0.25, 0.3) is 0 Å². The maximum absolute atomic E-state index is 10.8. The number of ether oxygens (including phenoxy) is 1. The Kier molecular flexibility index (Phi) is 5.64. The third-order valence-corrected chi connectivity index (χ3v) is 8.09. The number of anilines is 1. The van der Waals surface area contributed by atoms with Gasteiger partial charge in [0.2, 0.25) is 0 Å². The van der Waals surface area contributed by atoms with Crippen LogP contribution in [-0.2, 0) is 12.8 Å². The number of rotatable bonds is 5. The van der Waals surface area contributed by atoms with Crippen molar-refractivity contribution in [1.29, 1.82) is 5.41 Å². The number of methoxy groups -OCH3 is 1. The Bertz CT molecular complexity index is 1530. The predicted molar refractivity (Wildman–Crippen MR) is 149 cm³/mol. The van der Waals surface area contributed by atoms with Crippen LogP contribution in [0.2, 0.25) is 0 Å². The molecule has 0 radical (unpaired) electrons. The van der Waals surface area contributed by atoms with E-state index in [0.717, 1.165) is 40.8 Å². The molecule has 4 aromatic carbocycles. The van der Waals surface area contributed by atoms with E-state index in [9.17, 15) is 5.11 Å². The molecule has 0 bridgehead atoms. The van der Waals surface area contributed by atoms with E-state index in [2.05, 4.69) is 66.8 Å². The second-order valence-electron chi connectivity index (χ2n) is 10.0. The fourth-order valence-electron chi connectivity index (χ4n) is 6.37. The van der Waals surface area contributed by atoms with E-state index in [4.69, 9.17) is 15.9 Å². The zero-order valence-electron chi connectivity index (χ0n) is 21.1. The maximum Gasteiger partial charge on any atom is 0.160 e. The molecule has 1 aliphatic heterocycles. The highest BCUT2D eigenvalue weighted by Crippen LogP contribution is 2.55. The molecule has 0 amide bonds. The number of hydrogen-bond acceptors (Lipinski definition) is 4. The highest BCUT2D eigenvalue weighted by Gasteiger charge is 2.44. The van der Waals surface area contributed by atoms with E-state index in [1.54, 1.807) is 7.11 Å². The first-order valence-electron chi connectivity index (χ1n) is 12.8. The van der Waals surface area contributed by atoms with Crippen LogP contribution in [0.5, 0.6) is 11.5 Å². The summed E-state index contributed by atoms with van der Waals surface area (Å²) in [6.07, 6.45) is 1.83. The molecule has 0 spiro atoms. The van der Waals surface area contributed by atoms with E-state index in [1.807, 2.05) is 24.3 Å². The Labute approximate surface area is 217 Å². The number of nitrogens with two attached hydrogens (primary N) is 1. The molecule has 0 aromatic heterocycles. The molecule has 5 nitrogen and oxygen atoms in total. The Morgan fingerprint density at radius 1 is 0.973 bits per heavy atom. The van der Waals surface area contributed by atoms with Crippen molar-refractivity contribution < 1.29 is 9.84 Å². The summed E-state index contributed by atoms with van der Waals surface area (Å²) >= 11 is 0. The van der Waals surface area contributed by atoms with Crippen LogP contribution in [0.4, 0.5) is 5.69 Å². The molecule has 3 unspecified atom stereocenters. The first kappa shape index (κ1) is 23.2. The molecular formula is C32H31N3O2. The van der Waals surface area contributed by atoms with Gasteiger partial charge in [0, 0.05) is 17.2 Å². The van der Waals surface area contributed by atoms with Gasteiger partial charge in [-0.15, -0.1) is 0 Å². The molecule has 1 aliphatic carbocycles. The van der Waals surface area contributed by atoms with Crippen molar-refractivity contribution in [2.45, 2.75) is 31.7 Å². The first-order chi connectivity index (χ1) is 18.0. The van der Waals surface area contributed by atoms with E-state index in [1.165, 1.54) is 22.3 Å². The number of nitrogens with one attached hydrogen (secondary N) is 2. The molecule has 0 saturated carbocycles. The fourth-order valence-corrected chi connectivity index (χ4v) is 6.37. The van der Waals surface area contributed by atoms with Crippen LogP contribution in [0, 0.1) is 11.3 Å². The van der Waals surface area contributed by atoms with Crippen LogP contribution in [-0.4, -0.2) is 18.1 Å². The minimum absolute atomic E-state index is 0.0116. The average molecular weight is 490 g/mol. The van der Waals surface area contributed by atoms with Gasteiger partial charge in [-0.3, -0.25) is 5.41 Å². The largest absolute Gasteiger partial charge is 0.504 e. The lowest BCUT2D eigenvalue weighted by molar-refractivity contribution is 0.370. The van der Waals surface area contributed by atoms with Gasteiger partial charge in [-0.2, -0.15) is 0 Å². The summed E-state index contributed by atoms with van der Waals surface area (Å²) in [6.45, 7) is 2.16. The Morgan fingerprint density at radius 2 is 1.76 bits per heavy atom. The third kappa shape index (κ3) is 3.73. The number of nitrogen functional groups attached to an aromatic ring is 1. The van der Waals surface area contributed by atoms with Gasteiger partial charge < -0.3 is 20.9 Å². The molecule has 186 valence electrons. The highest BCUT2D eigenvalue weighted by atomic mass is 16.5. The normalized spacial score (nSPS) is 19.4. The lowest BCUT2D eigenvalue weighted by atomic mass is 9.73. The lowest BCUT2D eigenvalue weighted by Crippen LogP contribution is -2.31. The molecular weight excluding hydrogens is 458 g/mol. The monoisotopic (exact) mass is 489 g/mol. The van der Waals surface area contributed by atoms with Crippen molar-refractivity contribution in [3.63, 3.8) is 0 Å². The molecule has 2 aliphatic rings. The van der Waals surface area contributed by atoms with Crippen molar-refractivity contribution in [1.82, 2.24) is 0 Å². The van der Waals surface area contributed by atoms with Crippen molar-refractivity contribution in [3.8, 4) is 22.6 Å². The van der Waals surface area contributed by atoms with Gasteiger partial charge in [-0.1, -0.05) is 55.5 Å². The SMILES string of the molecule is CCc1ccccc1-c1cc(O)c(OC)cc1C1Nc2ccc(C(=N)N)cc2C2c3ccccc3CC12. The number of benzene rings is 4. The number of phenols is 1. The molecule has 5 N–H and O–H groups in total. The predicted octanol–water partition coefficient (Wildman–Crippen LogP) is 6.39. The third-order valence-electron chi connectivity index (χ3n) is 8.09. The second-order valence-corrected chi connectivity index (χ2v) is 10.0. The Morgan fingerprint density at radius 3 is 2.54 bits per heavy atom. The van der Waals surface area contributed by atoms with Crippen LogP contribution in [0.3, 0.4) is 0 Å². The number of hydrogen-bond donors (Lipinski definition) is 4. The van der Waals surface area contributed by atoms with E-state index >= 15 is 0 Å². The Hall–Kier alpha value is -4.25. The zero-order valence-corrected chi connectivity index (χ0v) is 21.1. The first-order valence-corrected chi connectivity index (χ1v) is 12.8. The number of aryl methyl sites for hydroxylation is 1. The molecule has 4 aromatic rings. The minimum atomic E-state index is -0.0116. The summed E-state index contributed by atoms with van der Waals surface area (Å²) in [6, 6.07) is 27.0. The highest BCUT2D eigenvalue weighted by molar-refractivity contribution is 5.96. The van der Waals surface area contributed by atoms with Gasteiger partial charge in [0.1, 0.15) is 5.84 Å². The number of amidine groups is 1. The minimum Gasteiger partial charge on any atom is -0.504 e. The summed E-state index contributed by atoms with van der Waals surface area (Å²) in [5.74, 6) is 1.11. The van der Waals surface area contributed by atoms with E-state index in [-0.39, 0.29) is 29.5 Å². The number of phenolic OH excluding ortho intramolecular Hbond substituents is 1. The van der Waals surface area contributed by atoms with Gasteiger partial charge in [0.15, 0.2) is 11.5 Å². The molecule has 1 heterocycles. The molecule has 5 heteroatoms. The van der Waals surface area contributed by atoms with E-state index in [0.29, 0.717) is 5.75 Å². The van der Waals surface area contributed by atoms with E-state index < -0.39 is 0 Å². The molecule has 0 fully saturated rings. The standard InChI is InChI=1S/C32H31N3O2/c1-3-18-8-4-6-10-21(18)23-16-28(36)29(37-2)17-24(23)31-26-14-19-9-5-7-11-22(19)30(26)25-15-20(32(33)34)12-13-27(25)35-31/h4-13,15-17,26,30-31,35-36H,3,14H2,1-2H3,(H3,33,34). The number of aromatic hydroxyl groups is 1. The van der Waals surface area contributed by atoms with Crippen molar-refractivity contribution in [2.24, 2.45) is 11.7 Å². The number of fused-ring (bicyclic) bond motifs is 5. The quantitative estimate of drug-likeness (QED) is 0.193. The van der Waals surface area contributed by atoms with Gasteiger partial charge >= 0.3 is 0 Å². The Balaban J connectivity index is 1.58. The van der Waals surface area contributed by atoms with Crippen LogP contribution in [0.25, 0.3) is 11.1 Å². The summed E-state index contributed by atoms with van der Waals surface area (Å²) in [7, 11) is 1.60. The molecule has 0 saturated heterocycles. The second kappa shape index (κ2) is 9.00. The molecule has 37 heavy (non-hydrogen) atoms. The summed E-state index contributed by atoms with van der Waals surface area (Å²) in [5, 5.41) is 22.7. The van der Waals surface area contributed by atoms with Crippen LogP contribution < -0.4 is 15.8 Å².